The predicted molar refractivity (Wildman–Crippen MR) is 115 cm³/mol. The molecule has 156 valence electrons. The Hall–Kier alpha value is -3.41. The summed E-state index contributed by atoms with van der Waals surface area (Å²) < 4.78 is 7.03. The lowest BCUT2D eigenvalue weighted by Crippen LogP contribution is -2.28. The maximum absolute atomic E-state index is 12.6. The lowest BCUT2D eigenvalue weighted by Gasteiger charge is -2.09. The Morgan fingerprint density at radius 3 is 2.40 bits per heavy atom. The molecular weight excluding hydrogens is 378 g/mol. The number of nitrogens with one attached hydrogen (secondary N) is 1. The standard InChI is InChI=1S/C24H27N3O3/c1-16-9-11-20(12-10-16)14-27-19(4)23(18(3)26-27)24(29)30-15-22(28)25-13-21-8-6-5-7-17(21)2/h5-12H,13-15H2,1-4H3,(H,25,28). The Kier molecular flexibility index (Phi) is 6.67. The molecule has 6 heteroatoms. The summed E-state index contributed by atoms with van der Waals surface area (Å²) in [5, 5.41) is 7.26. The number of ether oxygens (including phenoxy) is 1. The number of hydrogen-bond donors (Lipinski definition) is 1. The molecule has 1 N–H and O–H groups in total. The zero-order valence-corrected chi connectivity index (χ0v) is 17.9. The molecule has 30 heavy (non-hydrogen) atoms. The molecule has 0 spiro atoms. The van der Waals surface area contributed by atoms with Gasteiger partial charge in [-0.1, -0.05) is 54.1 Å². The number of aromatic nitrogens is 2. The van der Waals surface area contributed by atoms with Crippen molar-refractivity contribution in [3.63, 3.8) is 0 Å². The maximum atomic E-state index is 12.6. The SMILES string of the molecule is Cc1ccc(Cn2nc(C)c(C(=O)OCC(=O)NCc3ccccc3C)c2C)cc1. The number of amides is 1. The average molecular weight is 405 g/mol. The largest absolute Gasteiger partial charge is 0.452 e. The van der Waals surface area contributed by atoms with Gasteiger partial charge < -0.3 is 10.1 Å². The summed E-state index contributed by atoms with van der Waals surface area (Å²) in [6, 6.07) is 16.0. The van der Waals surface area contributed by atoms with Crippen LogP contribution in [0.1, 0.15) is 44.0 Å². The van der Waals surface area contributed by atoms with Gasteiger partial charge in [-0.05, 0) is 44.4 Å². The lowest BCUT2D eigenvalue weighted by molar-refractivity contribution is -0.124. The summed E-state index contributed by atoms with van der Waals surface area (Å²) >= 11 is 0. The molecule has 0 saturated carbocycles. The molecule has 0 atom stereocenters. The minimum absolute atomic E-state index is 0.327. The first-order valence-electron chi connectivity index (χ1n) is 9.93. The summed E-state index contributed by atoms with van der Waals surface area (Å²) in [4.78, 5) is 24.7. The first-order chi connectivity index (χ1) is 14.3. The van der Waals surface area contributed by atoms with E-state index in [1.54, 1.807) is 11.6 Å². The fourth-order valence-electron chi connectivity index (χ4n) is 3.27. The Labute approximate surface area is 176 Å². The van der Waals surface area contributed by atoms with Crippen molar-refractivity contribution in [2.45, 2.75) is 40.8 Å². The Morgan fingerprint density at radius 2 is 1.70 bits per heavy atom. The molecule has 1 aromatic heterocycles. The van der Waals surface area contributed by atoms with Crippen LogP contribution in [-0.4, -0.2) is 28.3 Å². The molecule has 0 saturated heterocycles. The van der Waals surface area contributed by atoms with Crippen LogP contribution < -0.4 is 5.32 Å². The molecule has 1 amide bonds. The molecule has 3 aromatic rings. The number of rotatable bonds is 7. The number of aryl methyl sites for hydroxylation is 3. The number of carbonyl (C=O) groups is 2. The molecule has 2 aromatic carbocycles. The fourth-order valence-corrected chi connectivity index (χ4v) is 3.27. The van der Waals surface area contributed by atoms with Crippen molar-refractivity contribution in [2.75, 3.05) is 6.61 Å². The fraction of sp³-hybridized carbons (Fsp3) is 0.292. The molecule has 0 radical (unpaired) electrons. The van der Waals surface area contributed by atoms with Crippen LogP contribution >= 0.6 is 0 Å². The second-order valence-electron chi connectivity index (χ2n) is 7.47. The Morgan fingerprint density at radius 1 is 1.00 bits per heavy atom. The van der Waals surface area contributed by atoms with E-state index < -0.39 is 5.97 Å². The first kappa shape index (κ1) is 21.3. The van der Waals surface area contributed by atoms with Crippen molar-refractivity contribution in [1.82, 2.24) is 15.1 Å². The van der Waals surface area contributed by atoms with Gasteiger partial charge in [-0.3, -0.25) is 9.48 Å². The molecule has 0 aliphatic rings. The number of hydrogen-bond acceptors (Lipinski definition) is 4. The third-order valence-electron chi connectivity index (χ3n) is 5.11. The predicted octanol–water partition coefficient (Wildman–Crippen LogP) is 3.64. The van der Waals surface area contributed by atoms with E-state index in [0.29, 0.717) is 24.3 Å². The van der Waals surface area contributed by atoms with Crippen LogP contribution in [0.15, 0.2) is 48.5 Å². The highest BCUT2D eigenvalue weighted by atomic mass is 16.5. The van der Waals surface area contributed by atoms with Crippen molar-refractivity contribution in [3.05, 3.63) is 87.7 Å². The number of carbonyl (C=O) groups excluding carboxylic acids is 2. The van der Waals surface area contributed by atoms with E-state index in [4.69, 9.17) is 4.74 Å². The van der Waals surface area contributed by atoms with E-state index >= 15 is 0 Å². The van der Waals surface area contributed by atoms with Crippen LogP contribution in [-0.2, 0) is 22.6 Å². The van der Waals surface area contributed by atoms with Gasteiger partial charge in [-0.2, -0.15) is 5.10 Å². The molecule has 6 nitrogen and oxygen atoms in total. The monoisotopic (exact) mass is 405 g/mol. The molecule has 3 rings (SSSR count). The second-order valence-corrected chi connectivity index (χ2v) is 7.47. The molecular formula is C24H27N3O3. The highest BCUT2D eigenvalue weighted by molar-refractivity contribution is 5.93. The Balaban J connectivity index is 1.58. The van der Waals surface area contributed by atoms with Crippen molar-refractivity contribution >= 4 is 11.9 Å². The van der Waals surface area contributed by atoms with Gasteiger partial charge in [-0.15, -0.1) is 0 Å². The summed E-state index contributed by atoms with van der Waals surface area (Å²) in [7, 11) is 0. The zero-order chi connectivity index (χ0) is 21.7. The van der Waals surface area contributed by atoms with E-state index in [1.807, 2.05) is 69.3 Å². The third-order valence-corrected chi connectivity index (χ3v) is 5.11. The van der Waals surface area contributed by atoms with E-state index in [-0.39, 0.29) is 12.5 Å². The van der Waals surface area contributed by atoms with Crippen LogP contribution in [0.5, 0.6) is 0 Å². The lowest BCUT2D eigenvalue weighted by atomic mass is 10.1. The van der Waals surface area contributed by atoms with Crippen LogP contribution in [0.25, 0.3) is 0 Å². The van der Waals surface area contributed by atoms with Gasteiger partial charge in [0.2, 0.25) is 0 Å². The van der Waals surface area contributed by atoms with E-state index in [9.17, 15) is 9.59 Å². The minimum atomic E-state index is -0.536. The molecule has 0 aliphatic heterocycles. The average Bonchev–Trinajstić information content (AvgIpc) is 3.00. The van der Waals surface area contributed by atoms with Crippen LogP contribution in [0.2, 0.25) is 0 Å². The van der Waals surface area contributed by atoms with Gasteiger partial charge in [0, 0.05) is 6.54 Å². The molecule has 1 heterocycles. The minimum Gasteiger partial charge on any atom is -0.452 e. The molecule has 0 aliphatic carbocycles. The quantitative estimate of drug-likeness (QED) is 0.609. The molecule has 0 unspecified atom stereocenters. The van der Waals surface area contributed by atoms with Gasteiger partial charge >= 0.3 is 5.97 Å². The first-order valence-corrected chi connectivity index (χ1v) is 9.93. The third kappa shape index (κ3) is 5.14. The summed E-state index contributed by atoms with van der Waals surface area (Å²) in [6.07, 6.45) is 0. The van der Waals surface area contributed by atoms with Gasteiger partial charge in [0.15, 0.2) is 6.61 Å². The van der Waals surface area contributed by atoms with E-state index in [2.05, 4.69) is 10.4 Å². The van der Waals surface area contributed by atoms with Crippen molar-refractivity contribution in [3.8, 4) is 0 Å². The highest BCUT2D eigenvalue weighted by Crippen LogP contribution is 2.16. The second kappa shape index (κ2) is 9.39. The number of nitrogens with zero attached hydrogens (tertiary/aromatic N) is 2. The van der Waals surface area contributed by atoms with Crippen LogP contribution in [0.4, 0.5) is 0 Å². The summed E-state index contributed by atoms with van der Waals surface area (Å²) in [6.45, 7) is 8.27. The molecule has 0 fully saturated rings. The summed E-state index contributed by atoms with van der Waals surface area (Å²) in [5.74, 6) is -0.875. The van der Waals surface area contributed by atoms with Crippen molar-refractivity contribution in [2.24, 2.45) is 0 Å². The van der Waals surface area contributed by atoms with Gasteiger partial charge in [0.1, 0.15) is 5.56 Å². The van der Waals surface area contributed by atoms with Crippen molar-refractivity contribution < 1.29 is 14.3 Å². The Bertz CT molecular complexity index is 1050. The van der Waals surface area contributed by atoms with Gasteiger partial charge in [0.05, 0.1) is 17.9 Å². The van der Waals surface area contributed by atoms with E-state index in [1.165, 1.54) is 5.56 Å². The number of esters is 1. The van der Waals surface area contributed by atoms with E-state index in [0.717, 1.165) is 22.4 Å². The number of benzene rings is 2. The molecule has 0 bridgehead atoms. The topological polar surface area (TPSA) is 73.2 Å². The van der Waals surface area contributed by atoms with Gasteiger partial charge in [0.25, 0.3) is 5.91 Å². The smallest absolute Gasteiger partial charge is 0.342 e. The zero-order valence-electron chi connectivity index (χ0n) is 17.9. The van der Waals surface area contributed by atoms with Crippen molar-refractivity contribution in [1.29, 1.82) is 0 Å². The van der Waals surface area contributed by atoms with Gasteiger partial charge in [-0.25, -0.2) is 4.79 Å². The van der Waals surface area contributed by atoms with Crippen LogP contribution in [0.3, 0.4) is 0 Å². The summed E-state index contributed by atoms with van der Waals surface area (Å²) in [5.41, 5.74) is 6.14. The van der Waals surface area contributed by atoms with Crippen LogP contribution in [0, 0.1) is 27.7 Å². The normalized spacial score (nSPS) is 10.7. The maximum Gasteiger partial charge on any atom is 0.342 e. The highest BCUT2D eigenvalue weighted by Gasteiger charge is 2.21.